The Hall–Kier alpha value is -1.01. The summed E-state index contributed by atoms with van der Waals surface area (Å²) in [5, 5.41) is 0.741. The van der Waals surface area contributed by atoms with Gasteiger partial charge in [-0.1, -0.05) is 43.9 Å². The third-order valence-corrected chi connectivity index (χ3v) is 4.84. The first kappa shape index (κ1) is 12.4. The van der Waals surface area contributed by atoms with E-state index in [2.05, 4.69) is 30.7 Å². The number of oxazole rings is 1. The zero-order valence-electron chi connectivity index (χ0n) is 10.0. The lowest BCUT2D eigenvalue weighted by Gasteiger charge is -2.26. The standard InChI is InChI=1S/C11H15N3OS2/c1-11(2,3)8(9-13-4-5-15-9)16-7-6-14-10(12)17-7/h4-6,8H,1-3H3,(H2,12,14). The van der Waals surface area contributed by atoms with Gasteiger partial charge in [-0.05, 0) is 5.41 Å². The van der Waals surface area contributed by atoms with Crippen LogP contribution in [0, 0.1) is 5.41 Å². The summed E-state index contributed by atoms with van der Waals surface area (Å²) in [7, 11) is 0. The van der Waals surface area contributed by atoms with E-state index in [4.69, 9.17) is 10.2 Å². The minimum absolute atomic E-state index is 0.0499. The molecule has 1 unspecified atom stereocenters. The molecule has 0 radical (unpaired) electrons. The van der Waals surface area contributed by atoms with Gasteiger partial charge in [0, 0.05) is 0 Å². The Kier molecular flexibility index (Phi) is 3.44. The summed E-state index contributed by atoms with van der Waals surface area (Å²) in [6, 6.07) is 0. The molecule has 0 saturated heterocycles. The lowest BCUT2D eigenvalue weighted by Crippen LogP contribution is -2.15. The summed E-state index contributed by atoms with van der Waals surface area (Å²) >= 11 is 3.18. The van der Waals surface area contributed by atoms with Gasteiger partial charge in [-0.2, -0.15) is 0 Å². The molecule has 2 aromatic heterocycles. The molecule has 2 rings (SSSR count). The molecule has 0 aromatic carbocycles. The van der Waals surface area contributed by atoms with Gasteiger partial charge in [0.25, 0.3) is 0 Å². The van der Waals surface area contributed by atoms with Crippen molar-refractivity contribution in [2.45, 2.75) is 30.2 Å². The molecule has 0 amide bonds. The van der Waals surface area contributed by atoms with E-state index in [0.29, 0.717) is 5.13 Å². The van der Waals surface area contributed by atoms with Crippen molar-refractivity contribution in [1.82, 2.24) is 9.97 Å². The number of nitrogens with two attached hydrogens (primary N) is 1. The summed E-state index contributed by atoms with van der Waals surface area (Å²) in [4.78, 5) is 8.31. The first-order chi connectivity index (χ1) is 7.97. The van der Waals surface area contributed by atoms with Crippen LogP contribution in [-0.2, 0) is 0 Å². The maximum atomic E-state index is 5.64. The number of nitrogen functional groups attached to an aromatic ring is 1. The molecule has 0 spiro atoms. The molecule has 4 nitrogen and oxygen atoms in total. The summed E-state index contributed by atoms with van der Waals surface area (Å²) in [5.41, 5.74) is 5.69. The van der Waals surface area contributed by atoms with Crippen LogP contribution in [0.15, 0.2) is 27.3 Å². The quantitative estimate of drug-likeness (QED) is 0.862. The molecule has 6 heteroatoms. The number of anilines is 1. The van der Waals surface area contributed by atoms with Crippen molar-refractivity contribution < 1.29 is 4.42 Å². The number of thiazole rings is 1. The Morgan fingerprint density at radius 3 is 2.65 bits per heavy atom. The summed E-state index contributed by atoms with van der Waals surface area (Å²) in [6.07, 6.45) is 5.08. The number of nitrogens with zero attached hydrogens (tertiary/aromatic N) is 2. The zero-order valence-corrected chi connectivity index (χ0v) is 11.6. The predicted molar refractivity (Wildman–Crippen MR) is 71.1 cm³/mol. The number of thioether (sulfide) groups is 1. The third kappa shape index (κ3) is 3.01. The number of aromatic nitrogens is 2. The lowest BCUT2D eigenvalue weighted by molar-refractivity contribution is 0.345. The predicted octanol–water partition coefficient (Wildman–Crippen LogP) is 3.59. The highest BCUT2D eigenvalue weighted by Gasteiger charge is 2.31. The monoisotopic (exact) mass is 269 g/mol. The van der Waals surface area contributed by atoms with E-state index in [-0.39, 0.29) is 10.7 Å². The molecule has 0 aliphatic carbocycles. The minimum atomic E-state index is 0.0499. The van der Waals surface area contributed by atoms with Crippen LogP contribution >= 0.6 is 23.1 Å². The summed E-state index contributed by atoms with van der Waals surface area (Å²) in [6.45, 7) is 6.50. The fourth-order valence-electron chi connectivity index (χ4n) is 1.40. The van der Waals surface area contributed by atoms with Crippen molar-refractivity contribution in [2.24, 2.45) is 5.41 Å². The fourth-order valence-corrected chi connectivity index (χ4v) is 3.48. The molecule has 0 fully saturated rings. The molecule has 0 saturated carbocycles. The van der Waals surface area contributed by atoms with Gasteiger partial charge in [0.15, 0.2) is 5.13 Å². The van der Waals surface area contributed by atoms with Gasteiger partial charge in [-0.25, -0.2) is 9.97 Å². The van der Waals surface area contributed by atoms with E-state index < -0.39 is 0 Å². The van der Waals surface area contributed by atoms with Crippen LogP contribution < -0.4 is 5.73 Å². The maximum Gasteiger partial charge on any atom is 0.207 e. The molecular weight excluding hydrogens is 254 g/mol. The Bertz CT molecular complexity index is 473. The Morgan fingerprint density at radius 1 is 1.41 bits per heavy atom. The minimum Gasteiger partial charge on any atom is -0.448 e. The fraction of sp³-hybridized carbons (Fsp3) is 0.455. The van der Waals surface area contributed by atoms with Crippen molar-refractivity contribution in [3.63, 3.8) is 0 Å². The molecule has 0 aliphatic heterocycles. The van der Waals surface area contributed by atoms with Crippen molar-refractivity contribution in [2.75, 3.05) is 5.73 Å². The van der Waals surface area contributed by atoms with Crippen molar-refractivity contribution >= 4 is 28.2 Å². The van der Waals surface area contributed by atoms with E-state index in [1.165, 1.54) is 11.3 Å². The van der Waals surface area contributed by atoms with Gasteiger partial charge in [-0.15, -0.1) is 0 Å². The van der Waals surface area contributed by atoms with Crippen molar-refractivity contribution in [3.05, 3.63) is 24.5 Å². The van der Waals surface area contributed by atoms with E-state index in [0.717, 1.165) is 10.1 Å². The van der Waals surface area contributed by atoms with Gasteiger partial charge in [0.2, 0.25) is 5.89 Å². The highest BCUT2D eigenvalue weighted by Crippen LogP contribution is 2.48. The average Bonchev–Trinajstić information content (AvgIpc) is 2.83. The van der Waals surface area contributed by atoms with Crippen molar-refractivity contribution in [1.29, 1.82) is 0 Å². The van der Waals surface area contributed by atoms with E-state index in [1.54, 1.807) is 30.4 Å². The van der Waals surface area contributed by atoms with Gasteiger partial charge >= 0.3 is 0 Å². The summed E-state index contributed by atoms with van der Waals surface area (Å²) < 4.78 is 6.51. The van der Waals surface area contributed by atoms with Crippen LogP contribution in [-0.4, -0.2) is 9.97 Å². The molecule has 2 aromatic rings. The SMILES string of the molecule is CC(C)(C)C(Sc1cnc(N)s1)c1ncco1. The third-order valence-electron chi connectivity index (χ3n) is 2.20. The molecule has 2 N–H and O–H groups in total. The van der Waals surface area contributed by atoms with Gasteiger partial charge < -0.3 is 10.2 Å². The first-order valence-corrected chi connectivity index (χ1v) is 6.94. The van der Waals surface area contributed by atoms with E-state index in [1.807, 2.05) is 0 Å². The lowest BCUT2D eigenvalue weighted by atomic mass is 9.91. The topological polar surface area (TPSA) is 64.9 Å². The molecule has 2 heterocycles. The van der Waals surface area contributed by atoms with Gasteiger partial charge in [-0.3, -0.25) is 0 Å². The van der Waals surface area contributed by atoms with Gasteiger partial charge in [0.05, 0.1) is 21.9 Å². The van der Waals surface area contributed by atoms with Crippen LogP contribution in [0.1, 0.15) is 31.9 Å². The van der Waals surface area contributed by atoms with Crippen LogP contribution in [0.5, 0.6) is 0 Å². The highest BCUT2D eigenvalue weighted by molar-refractivity contribution is 8.01. The molecule has 0 aliphatic rings. The molecular formula is C11H15N3OS2. The average molecular weight is 269 g/mol. The molecule has 17 heavy (non-hydrogen) atoms. The first-order valence-electron chi connectivity index (χ1n) is 5.24. The summed E-state index contributed by atoms with van der Waals surface area (Å²) in [5.74, 6) is 0.745. The molecule has 92 valence electrons. The Labute approximate surface area is 109 Å². The number of hydrogen-bond acceptors (Lipinski definition) is 6. The molecule has 0 bridgehead atoms. The normalized spacial score (nSPS) is 13.8. The van der Waals surface area contributed by atoms with Crippen LogP contribution in [0.2, 0.25) is 0 Å². The van der Waals surface area contributed by atoms with Crippen molar-refractivity contribution in [3.8, 4) is 0 Å². The maximum absolute atomic E-state index is 5.64. The second kappa shape index (κ2) is 4.70. The second-order valence-electron chi connectivity index (χ2n) is 4.75. The van der Waals surface area contributed by atoms with E-state index in [9.17, 15) is 0 Å². The second-order valence-corrected chi connectivity index (χ2v) is 7.22. The number of rotatable bonds is 3. The largest absolute Gasteiger partial charge is 0.448 e. The van der Waals surface area contributed by atoms with E-state index >= 15 is 0 Å². The zero-order chi connectivity index (χ0) is 12.5. The van der Waals surface area contributed by atoms with Gasteiger partial charge in [0.1, 0.15) is 6.26 Å². The smallest absolute Gasteiger partial charge is 0.207 e. The van der Waals surface area contributed by atoms with Crippen LogP contribution in [0.3, 0.4) is 0 Å². The molecule has 1 atom stereocenters. The Morgan fingerprint density at radius 2 is 2.18 bits per heavy atom. The van der Waals surface area contributed by atoms with Crippen LogP contribution in [0.25, 0.3) is 0 Å². The van der Waals surface area contributed by atoms with Crippen LogP contribution in [0.4, 0.5) is 5.13 Å². The number of hydrogen-bond donors (Lipinski definition) is 1. The Balaban J connectivity index is 2.23. The highest BCUT2D eigenvalue weighted by atomic mass is 32.2.